The Bertz CT molecular complexity index is 937. The first-order valence-corrected chi connectivity index (χ1v) is 10.9. The molecule has 0 saturated carbocycles. The molecule has 0 unspecified atom stereocenters. The molecule has 3 amide bonds. The fourth-order valence-electron chi connectivity index (χ4n) is 3.71. The predicted molar refractivity (Wildman–Crippen MR) is 119 cm³/mol. The molecule has 2 aromatic rings. The number of carbonyl (C=O) groups excluding carboxylic acids is 2. The van der Waals surface area contributed by atoms with Crippen molar-refractivity contribution >= 4 is 29.8 Å². The Kier molecular flexibility index (Phi) is 7.01. The minimum atomic E-state index is -0.382. The van der Waals surface area contributed by atoms with Crippen molar-refractivity contribution in [3.8, 4) is 11.3 Å². The maximum absolute atomic E-state index is 12.5. The van der Waals surface area contributed by atoms with Gasteiger partial charge < -0.3 is 19.5 Å². The normalized spacial score (nSPS) is 18.0. The Hall–Kier alpha value is -2.68. The molecule has 9 heteroatoms. The van der Waals surface area contributed by atoms with Crippen LogP contribution in [0.3, 0.4) is 0 Å². The van der Waals surface area contributed by atoms with Crippen LogP contribution >= 0.6 is 11.6 Å². The molecule has 0 bridgehead atoms. The molecule has 0 radical (unpaired) electrons. The number of urea groups is 1. The van der Waals surface area contributed by atoms with Crippen LogP contribution in [0.2, 0.25) is 5.02 Å². The molecular weight excluding hydrogens is 418 g/mol. The van der Waals surface area contributed by atoms with Crippen molar-refractivity contribution in [1.29, 1.82) is 0 Å². The Morgan fingerprint density at radius 3 is 2.55 bits per heavy atom. The topological polar surface area (TPSA) is 81.4 Å². The van der Waals surface area contributed by atoms with Gasteiger partial charge in [-0.2, -0.15) is 5.10 Å². The van der Waals surface area contributed by atoms with Crippen LogP contribution in [0.1, 0.15) is 18.6 Å². The number of unbranched alkanes of at least 4 members (excludes halogenated alkanes) is 1. The van der Waals surface area contributed by atoms with Gasteiger partial charge in [0.2, 0.25) is 0 Å². The summed E-state index contributed by atoms with van der Waals surface area (Å²) in [6.45, 7) is 5.84. The van der Waals surface area contributed by atoms with Crippen molar-refractivity contribution in [3.63, 3.8) is 0 Å². The molecule has 2 saturated heterocycles. The van der Waals surface area contributed by atoms with Crippen LogP contribution in [0, 0.1) is 0 Å². The van der Waals surface area contributed by atoms with Crippen LogP contribution in [-0.4, -0.2) is 78.8 Å². The lowest BCUT2D eigenvalue weighted by Crippen LogP contribution is -2.43. The zero-order valence-corrected chi connectivity index (χ0v) is 18.1. The average Bonchev–Trinajstić information content (AvgIpc) is 3.35. The molecule has 3 heterocycles. The molecule has 1 aromatic carbocycles. The van der Waals surface area contributed by atoms with E-state index in [0.717, 1.165) is 56.1 Å². The van der Waals surface area contributed by atoms with E-state index < -0.39 is 0 Å². The van der Waals surface area contributed by atoms with Gasteiger partial charge in [-0.1, -0.05) is 11.6 Å². The molecule has 2 aliphatic rings. The second kappa shape index (κ2) is 10.1. The summed E-state index contributed by atoms with van der Waals surface area (Å²) >= 11 is 5.91. The summed E-state index contributed by atoms with van der Waals surface area (Å²) in [6.07, 6.45) is 3.26. The summed E-state index contributed by atoms with van der Waals surface area (Å²) in [5.74, 6) is 0.788. The highest BCUT2D eigenvalue weighted by Gasteiger charge is 2.35. The van der Waals surface area contributed by atoms with Crippen molar-refractivity contribution in [2.75, 3.05) is 45.8 Å². The molecule has 31 heavy (non-hydrogen) atoms. The van der Waals surface area contributed by atoms with Gasteiger partial charge in [0.25, 0.3) is 5.91 Å². The zero-order valence-electron chi connectivity index (χ0n) is 17.3. The van der Waals surface area contributed by atoms with Gasteiger partial charge in [0.1, 0.15) is 18.1 Å². The number of carbonyl (C=O) groups is 2. The second-order valence-electron chi connectivity index (χ2n) is 7.66. The maximum Gasteiger partial charge on any atom is 0.348 e. The summed E-state index contributed by atoms with van der Waals surface area (Å²) in [6, 6.07) is 10.5. The molecule has 4 rings (SSSR count). The number of rotatable bonds is 8. The smallest absolute Gasteiger partial charge is 0.348 e. The largest absolute Gasteiger partial charge is 0.455 e. The van der Waals surface area contributed by atoms with Gasteiger partial charge >= 0.3 is 6.03 Å². The van der Waals surface area contributed by atoms with Crippen molar-refractivity contribution < 1.29 is 14.0 Å². The van der Waals surface area contributed by atoms with Crippen LogP contribution in [0.15, 0.2) is 45.9 Å². The number of hydrazone groups is 1. The minimum absolute atomic E-state index is 0.0674. The van der Waals surface area contributed by atoms with E-state index in [9.17, 15) is 9.59 Å². The molecule has 1 N–H and O–H groups in total. The number of halogens is 1. The molecule has 1 aromatic heterocycles. The molecule has 164 valence electrons. The summed E-state index contributed by atoms with van der Waals surface area (Å²) in [5, 5.41) is 8.97. The first kappa shape index (κ1) is 21.5. The number of benzene rings is 1. The van der Waals surface area contributed by atoms with Gasteiger partial charge in [0.15, 0.2) is 0 Å². The van der Waals surface area contributed by atoms with Crippen LogP contribution < -0.4 is 5.32 Å². The first-order valence-electron chi connectivity index (χ1n) is 10.5. The Balaban J connectivity index is 1.27. The van der Waals surface area contributed by atoms with Gasteiger partial charge in [0, 0.05) is 43.3 Å². The SMILES string of the molecule is O=C1CN(CCCCN2CCNCC2)C(=O)N1/N=C/c1ccc(-c2ccc(Cl)cc2)o1. The van der Waals surface area contributed by atoms with Gasteiger partial charge in [-0.15, -0.1) is 5.01 Å². The fraction of sp³-hybridized carbons (Fsp3) is 0.409. The lowest BCUT2D eigenvalue weighted by Gasteiger charge is -2.27. The van der Waals surface area contributed by atoms with Crippen LogP contribution in [0.4, 0.5) is 4.79 Å². The number of nitrogens with zero attached hydrogens (tertiary/aromatic N) is 4. The number of nitrogens with one attached hydrogen (secondary N) is 1. The highest BCUT2D eigenvalue weighted by atomic mass is 35.5. The molecular formula is C22H26ClN5O3. The van der Waals surface area contributed by atoms with Crippen LogP contribution in [0.25, 0.3) is 11.3 Å². The number of piperazine rings is 1. The van der Waals surface area contributed by atoms with Crippen molar-refractivity contribution in [2.45, 2.75) is 12.8 Å². The van der Waals surface area contributed by atoms with Crippen LogP contribution in [-0.2, 0) is 4.79 Å². The highest BCUT2D eigenvalue weighted by Crippen LogP contribution is 2.23. The third-order valence-electron chi connectivity index (χ3n) is 5.43. The number of amides is 3. The van der Waals surface area contributed by atoms with E-state index in [1.165, 1.54) is 6.21 Å². The summed E-state index contributed by atoms with van der Waals surface area (Å²) in [5.41, 5.74) is 0.879. The Labute approximate surface area is 186 Å². The van der Waals surface area contributed by atoms with E-state index in [4.69, 9.17) is 16.0 Å². The zero-order chi connectivity index (χ0) is 21.6. The monoisotopic (exact) mass is 443 g/mol. The summed E-state index contributed by atoms with van der Waals surface area (Å²) in [7, 11) is 0. The predicted octanol–water partition coefficient (Wildman–Crippen LogP) is 2.88. The maximum atomic E-state index is 12.5. The average molecular weight is 444 g/mol. The van der Waals surface area contributed by atoms with Crippen molar-refractivity contribution in [2.24, 2.45) is 5.10 Å². The second-order valence-corrected chi connectivity index (χ2v) is 8.10. The summed E-state index contributed by atoms with van der Waals surface area (Å²) in [4.78, 5) is 28.8. The lowest BCUT2D eigenvalue weighted by atomic mass is 10.2. The number of imide groups is 1. The summed E-state index contributed by atoms with van der Waals surface area (Å²) < 4.78 is 5.74. The number of hydrogen-bond acceptors (Lipinski definition) is 6. The number of furan rings is 1. The molecule has 0 atom stereocenters. The van der Waals surface area contributed by atoms with E-state index in [-0.39, 0.29) is 18.5 Å². The van der Waals surface area contributed by atoms with Crippen molar-refractivity contribution in [1.82, 2.24) is 20.1 Å². The van der Waals surface area contributed by atoms with Gasteiger partial charge in [-0.25, -0.2) is 4.79 Å². The van der Waals surface area contributed by atoms with Gasteiger partial charge in [-0.05, 0) is 55.8 Å². The van der Waals surface area contributed by atoms with E-state index >= 15 is 0 Å². The van der Waals surface area contributed by atoms with E-state index in [1.807, 2.05) is 18.2 Å². The Morgan fingerprint density at radius 1 is 1.03 bits per heavy atom. The van der Waals surface area contributed by atoms with Crippen molar-refractivity contribution in [3.05, 3.63) is 47.2 Å². The van der Waals surface area contributed by atoms with Gasteiger partial charge in [-0.3, -0.25) is 4.79 Å². The number of hydrogen-bond donors (Lipinski definition) is 1. The van der Waals surface area contributed by atoms with Gasteiger partial charge in [0.05, 0.1) is 6.21 Å². The first-order chi connectivity index (χ1) is 15.1. The molecule has 2 fully saturated rings. The lowest BCUT2D eigenvalue weighted by molar-refractivity contribution is -0.125. The van der Waals surface area contributed by atoms with E-state index in [1.54, 1.807) is 23.1 Å². The highest BCUT2D eigenvalue weighted by molar-refractivity contribution is 6.30. The third-order valence-corrected chi connectivity index (χ3v) is 5.68. The minimum Gasteiger partial charge on any atom is -0.455 e. The van der Waals surface area contributed by atoms with E-state index in [2.05, 4.69) is 15.3 Å². The molecule has 2 aliphatic heterocycles. The van der Waals surface area contributed by atoms with E-state index in [0.29, 0.717) is 23.1 Å². The standard InChI is InChI=1S/C22H26ClN5O3/c23-18-5-3-17(4-6-18)20-8-7-19(31-20)15-25-28-21(29)16-27(22(28)30)12-2-1-11-26-13-9-24-10-14-26/h3-8,15,24H,1-2,9-14,16H2/b25-15+. The molecule has 0 spiro atoms. The fourth-order valence-corrected chi connectivity index (χ4v) is 3.83. The van der Waals surface area contributed by atoms with Crippen LogP contribution in [0.5, 0.6) is 0 Å². The quantitative estimate of drug-likeness (QED) is 0.385. The molecule has 0 aliphatic carbocycles. The Morgan fingerprint density at radius 2 is 1.77 bits per heavy atom. The molecule has 8 nitrogen and oxygen atoms in total. The third kappa shape index (κ3) is 5.52.